The van der Waals surface area contributed by atoms with E-state index in [0.717, 1.165) is 22.9 Å². The Kier molecular flexibility index (Phi) is 4.19. The first-order valence-electron chi connectivity index (χ1n) is 8.06. The van der Waals surface area contributed by atoms with Gasteiger partial charge in [-0.25, -0.2) is 9.98 Å². The topological polar surface area (TPSA) is 43.2 Å². The molecule has 0 radical (unpaired) electrons. The predicted octanol–water partition coefficient (Wildman–Crippen LogP) is 3.29. The quantitative estimate of drug-likeness (QED) is 0.856. The van der Waals surface area contributed by atoms with E-state index in [2.05, 4.69) is 37.7 Å². The Morgan fingerprint density at radius 1 is 0.773 bits per heavy atom. The van der Waals surface area contributed by atoms with Crippen molar-refractivity contribution in [3.63, 3.8) is 0 Å². The van der Waals surface area contributed by atoms with Gasteiger partial charge in [0, 0.05) is 11.1 Å². The van der Waals surface area contributed by atoms with Gasteiger partial charge < -0.3 is 9.47 Å². The van der Waals surface area contributed by atoms with Crippen molar-refractivity contribution in [3.8, 4) is 0 Å². The zero-order valence-electron chi connectivity index (χ0n) is 13.7. The average molecular weight is 300 g/mol. The van der Waals surface area contributed by atoms with Crippen molar-refractivity contribution < 1.29 is 9.47 Å². The Bertz CT molecular complexity index is 535. The molecular formula is C18H24N2O2. The van der Waals surface area contributed by atoms with Gasteiger partial charge in [-0.1, -0.05) is 27.7 Å². The summed E-state index contributed by atoms with van der Waals surface area (Å²) in [5.74, 6) is 2.51. The standard InChI is InChI=1S/C18H24N2O2/c1-11(2)15-9-21-17(19-15)13-5-7-14(8-6-13)18-20-16(10-22-18)12(3)4/h5-8,11-12,15-16H,9-10H2,1-4H3/t15-,16-/m1/s1. The molecule has 0 unspecified atom stereocenters. The summed E-state index contributed by atoms with van der Waals surface area (Å²) in [7, 11) is 0. The van der Waals surface area contributed by atoms with Crippen LogP contribution in [0.3, 0.4) is 0 Å². The molecule has 0 saturated carbocycles. The first-order chi connectivity index (χ1) is 10.5. The zero-order chi connectivity index (χ0) is 15.7. The van der Waals surface area contributed by atoms with Crippen molar-refractivity contribution >= 4 is 11.8 Å². The molecule has 1 aromatic carbocycles. The van der Waals surface area contributed by atoms with E-state index in [1.165, 1.54) is 0 Å². The molecule has 0 spiro atoms. The number of hydrogen-bond acceptors (Lipinski definition) is 4. The molecule has 1 aromatic rings. The van der Waals surface area contributed by atoms with Crippen molar-refractivity contribution in [2.75, 3.05) is 13.2 Å². The van der Waals surface area contributed by atoms with E-state index in [9.17, 15) is 0 Å². The van der Waals surface area contributed by atoms with Gasteiger partial charge in [-0.05, 0) is 36.1 Å². The fourth-order valence-corrected chi connectivity index (χ4v) is 2.53. The second kappa shape index (κ2) is 6.11. The highest BCUT2D eigenvalue weighted by molar-refractivity contribution is 5.98. The Morgan fingerprint density at radius 2 is 1.14 bits per heavy atom. The Hall–Kier alpha value is -1.84. The molecule has 118 valence electrons. The maximum Gasteiger partial charge on any atom is 0.216 e. The summed E-state index contributed by atoms with van der Waals surface area (Å²) in [6, 6.07) is 8.67. The van der Waals surface area contributed by atoms with Crippen LogP contribution < -0.4 is 0 Å². The molecule has 0 fully saturated rings. The second-order valence-corrected chi connectivity index (χ2v) is 6.69. The second-order valence-electron chi connectivity index (χ2n) is 6.69. The molecule has 3 rings (SSSR count). The van der Waals surface area contributed by atoms with Crippen LogP contribution in [0.1, 0.15) is 38.8 Å². The van der Waals surface area contributed by atoms with Crippen LogP contribution >= 0.6 is 0 Å². The van der Waals surface area contributed by atoms with Gasteiger partial charge in [-0.2, -0.15) is 0 Å². The smallest absolute Gasteiger partial charge is 0.216 e. The monoisotopic (exact) mass is 300 g/mol. The summed E-state index contributed by atoms with van der Waals surface area (Å²) in [6.07, 6.45) is 0. The maximum absolute atomic E-state index is 5.72. The third kappa shape index (κ3) is 3.01. The lowest BCUT2D eigenvalue weighted by molar-refractivity contribution is 0.291. The molecule has 0 amide bonds. The van der Waals surface area contributed by atoms with Crippen LogP contribution in [-0.4, -0.2) is 37.1 Å². The Morgan fingerprint density at radius 3 is 1.41 bits per heavy atom. The van der Waals surface area contributed by atoms with E-state index in [-0.39, 0.29) is 12.1 Å². The summed E-state index contributed by atoms with van der Waals surface area (Å²) < 4.78 is 11.4. The van der Waals surface area contributed by atoms with Crippen LogP contribution in [0.5, 0.6) is 0 Å². The Labute approximate surface area is 132 Å². The minimum Gasteiger partial charge on any atom is -0.475 e. The average Bonchev–Trinajstić information content (AvgIpc) is 3.17. The molecule has 4 nitrogen and oxygen atoms in total. The molecule has 2 aliphatic heterocycles. The van der Waals surface area contributed by atoms with Crippen molar-refractivity contribution in [2.24, 2.45) is 21.8 Å². The van der Waals surface area contributed by atoms with Crippen molar-refractivity contribution in [2.45, 2.75) is 39.8 Å². The molecule has 0 N–H and O–H groups in total. The molecule has 0 saturated heterocycles. The minimum atomic E-state index is 0.268. The first-order valence-corrected chi connectivity index (χ1v) is 8.06. The lowest BCUT2D eigenvalue weighted by Crippen LogP contribution is -2.13. The fraction of sp³-hybridized carbons (Fsp3) is 0.556. The fourth-order valence-electron chi connectivity index (χ4n) is 2.53. The van der Waals surface area contributed by atoms with E-state index in [4.69, 9.17) is 9.47 Å². The maximum atomic E-state index is 5.72. The van der Waals surface area contributed by atoms with Gasteiger partial charge in [0.1, 0.15) is 13.2 Å². The number of hydrogen-bond donors (Lipinski definition) is 0. The summed E-state index contributed by atoms with van der Waals surface area (Å²) in [5, 5.41) is 0. The van der Waals surface area contributed by atoms with Crippen molar-refractivity contribution in [1.29, 1.82) is 0 Å². The van der Waals surface area contributed by atoms with Gasteiger partial charge in [0.05, 0.1) is 12.1 Å². The lowest BCUT2D eigenvalue weighted by atomic mass is 10.1. The minimum absolute atomic E-state index is 0.268. The molecule has 22 heavy (non-hydrogen) atoms. The third-order valence-corrected chi connectivity index (χ3v) is 4.27. The van der Waals surface area contributed by atoms with Crippen LogP contribution in [0.15, 0.2) is 34.3 Å². The number of ether oxygens (including phenoxy) is 2. The number of rotatable bonds is 4. The summed E-state index contributed by atoms with van der Waals surface area (Å²) >= 11 is 0. The highest BCUT2D eigenvalue weighted by Gasteiger charge is 2.24. The van der Waals surface area contributed by atoms with E-state index in [0.29, 0.717) is 25.0 Å². The molecule has 0 bridgehead atoms. The lowest BCUT2D eigenvalue weighted by Gasteiger charge is -2.06. The normalized spacial score (nSPS) is 24.3. The van der Waals surface area contributed by atoms with Gasteiger partial charge in [-0.3, -0.25) is 0 Å². The first kappa shape index (κ1) is 15.1. The Balaban J connectivity index is 1.74. The van der Waals surface area contributed by atoms with Gasteiger partial charge in [0.15, 0.2) is 0 Å². The van der Waals surface area contributed by atoms with Crippen molar-refractivity contribution in [1.82, 2.24) is 0 Å². The summed E-state index contributed by atoms with van der Waals surface area (Å²) in [4.78, 5) is 9.31. The molecular weight excluding hydrogens is 276 g/mol. The van der Waals surface area contributed by atoms with E-state index >= 15 is 0 Å². The van der Waals surface area contributed by atoms with Gasteiger partial charge >= 0.3 is 0 Å². The third-order valence-electron chi connectivity index (χ3n) is 4.27. The van der Waals surface area contributed by atoms with E-state index in [1.807, 2.05) is 24.3 Å². The molecule has 2 aliphatic rings. The van der Waals surface area contributed by atoms with E-state index in [1.54, 1.807) is 0 Å². The van der Waals surface area contributed by atoms with Crippen LogP contribution in [0.2, 0.25) is 0 Å². The molecule has 0 aliphatic carbocycles. The summed E-state index contributed by atoms with van der Waals surface area (Å²) in [5.41, 5.74) is 2.04. The van der Waals surface area contributed by atoms with Crippen LogP contribution in [0, 0.1) is 11.8 Å². The molecule has 0 aromatic heterocycles. The molecule has 2 heterocycles. The van der Waals surface area contributed by atoms with Crippen molar-refractivity contribution in [3.05, 3.63) is 35.4 Å². The predicted molar refractivity (Wildman–Crippen MR) is 88.7 cm³/mol. The highest BCUT2D eigenvalue weighted by atomic mass is 16.5. The van der Waals surface area contributed by atoms with Gasteiger partial charge in [-0.15, -0.1) is 0 Å². The summed E-state index contributed by atoms with van der Waals surface area (Å²) in [6.45, 7) is 10.0. The van der Waals surface area contributed by atoms with Crippen LogP contribution in [0.25, 0.3) is 0 Å². The SMILES string of the molecule is CC(C)[C@H]1COC(c2ccc(C3=N[C@@H](C(C)C)CO3)cc2)=N1. The van der Waals surface area contributed by atoms with Crippen LogP contribution in [-0.2, 0) is 9.47 Å². The largest absolute Gasteiger partial charge is 0.475 e. The van der Waals surface area contributed by atoms with E-state index < -0.39 is 0 Å². The van der Waals surface area contributed by atoms with Crippen LogP contribution in [0.4, 0.5) is 0 Å². The van der Waals surface area contributed by atoms with Gasteiger partial charge in [0.25, 0.3) is 0 Å². The molecule has 2 atom stereocenters. The zero-order valence-corrected chi connectivity index (χ0v) is 13.7. The number of aliphatic imine (C=N–C) groups is 2. The number of benzene rings is 1. The highest BCUT2D eigenvalue weighted by Crippen LogP contribution is 2.20. The molecule has 4 heteroatoms. The number of nitrogens with zero attached hydrogens (tertiary/aromatic N) is 2. The van der Waals surface area contributed by atoms with Gasteiger partial charge in [0.2, 0.25) is 11.8 Å².